The van der Waals surface area contributed by atoms with Gasteiger partial charge in [-0.1, -0.05) is 29.8 Å². The van der Waals surface area contributed by atoms with E-state index >= 15 is 0 Å². The van der Waals surface area contributed by atoms with E-state index in [1.807, 2.05) is 38.1 Å². The SMILES string of the molecule is CC(C)C(=O)Nc1sc2c(c1C(=O)Nc1ccc(Br)cc1)CCCC2. The molecule has 0 saturated carbocycles. The molecule has 0 fully saturated rings. The van der Waals surface area contributed by atoms with E-state index in [2.05, 4.69) is 26.6 Å². The number of amides is 2. The van der Waals surface area contributed by atoms with Crippen molar-refractivity contribution in [2.24, 2.45) is 5.92 Å². The monoisotopic (exact) mass is 420 g/mol. The Morgan fingerprint density at radius 3 is 2.44 bits per heavy atom. The fraction of sp³-hybridized carbons (Fsp3) is 0.368. The van der Waals surface area contributed by atoms with E-state index in [1.165, 1.54) is 4.88 Å². The lowest BCUT2D eigenvalue weighted by molar-refractivity contribution is -0.118. The number of hydrogen-bond donors (Lipinski definition) is 2. The topological polar surface area (TPSA) is 58.2 Å². The molecule has 132 valence electrons. The van der Waals surface area contributed by atoms with E-state index in [9.17, 15) is 9.59 Å². The van der Waals surface area contributed by atoms with Crippen LogP contribution in [0.3, 0.4) is 0 Å². The van der Waals surface area contributed by atoms with E-state index in [0.717, 1.165) is 41.4 Å². The third-order valence-corrected chi connectivity index (χ3v) is 6.00. The van der Waals surface area contributed by atoms with Crippen LogP contribution in [0.5, 0.6) is 0 Å². The van der Waals surface area contributed by atoms with E-state index < -0.39 is 0 Å². The fourth-order valence-electron chi connectivity index (χ4n) is 2.88. The minimum absolute atomic E-state index is 0.0590. The molecule has 0 bridgehead atoms. The highest BCUT2D eigenvalue weighted by Crippen LogP contribution is 2.38. The van der Waals surface area contributed by atoms with Crippen LogP contribution in [0.25, 0.3) is 0 Å². The molecule has 2 aromatic rings. The van der Waals surface area contributed by atoms with Gasteiger partial charge < -0.3 is 10.6 Å². The maximum atomic E-state index is 12.9. The van der Waals surface area contributed by atoms with Crippen molar-refractivity contribution >= 4 is 49.8 Å². The van der Waals surface area contributed by atoms with Gasteiger partial charge in [0.25, 0.3) is 5.91 Å². The predicted octanol–water partition coefficient (Wildman–Crippen LogP) is 5.24. The zero-order valence-corrected chi connectivity index (χ0v) is 16.7. The molecule has 1 aliphatic carbocycles. The van der Waals surface area contributed by atoms with E-state index in [4.69, 9.17) is 0 Å². The third kappa shape index (κ3) is 4.12. The number of rotatable bonds is 4. The van der Waals surface area contributed by atoms with Crippen LogP contribution in [0.15, 0.2) is 28.7 Å². The van der Waals surface area contributed by atoms with Gasteiger partial charge in [-0.2, -0.15) is 0 Å². The molecule has 1 aromatic carbocycles. The number of carbonyl (C=O) groups excluding carboxylic acids is 2. The van der Waals surface area contributed by atoms with Crippen molar-refractivity contribution in [3.63, 3.8) is 0 Å². The standard InChI is InChI=1S/C19H21BrN2O2S/c1-11(2)17(23)22-19-16(14-5-3-4-6-15(14)25-19)18(24)21-13-9-7-12(20)8-10-13/h7-11H,3-6H2,1-2H3,(H,21,24)(H,22,23). The van der Waals surface area contributed by atoms with Crippen LogP contribution < -0.4 is 10.6 Å². The molecule has 25 heavy (non-hydrogen) atoms. The van der Waals surface area contributed by atoms with Crippen molar-refractivity contribution < 1.29 is 9.59 Å². The number of thiophene rings is 1. The van der Waals surface area contributed by atoms with Crippen LogP contribution in [0.1, 0.15) is 47.5 Å². The van der Waals surface area contributed by atoms with Crippen LogP contribution >= 0.6 is 27.3 Å². The van der Waals surface area contributed by atoms with E-state index in [1.54, 1.807) is 11.3 Å². The molecule has 2 amide bonds. The molecule has 4 nitrogen and oxygen atoms in total. The molecule has 0 radical (unpaired) electrons. The smallest absolute Gasteiger partial charge is 0.258 e. The molecular formula is C19H21BrN2O2S. The second-order valence-electron chi connectivity index (χ2n) is 6.52. The molecule has 3 rings (SSSR count). The molecule has 1 aromatic heterocycles. The van der Waals surface area contributed by atoms with Gasteiger partial charge >= 0.3 is 0 Å². The Hall–Kier alpha value is -1.66. The summed E-state index contributed by atoms with van der Waals surface area (Å²) in [6.45, 7) is 3.70. The van der Waals surface area contributed by atoms with Crippen molar-refractivity contribution in [2.45, 2.75) is 39.5 Å². The second kappa shape index (κ2) is 7.70. The highest BCUT2D eigenvalue weighted by Gasteiger charge is 2.26. The van der Waals surface area contributed by atoms with Gasteiger partial charge in [0.15, 0.2) is 0 Å². The Morgan fingerprint density at radius 1 is 1.08 bits per heavy atom. The zero-order valence-electron chi connectivity index (χ0n) is 14.3. The fourth-order valence-corrected chi connectivity index (χ4v) is 4.43. The molecule has 1 heterocycles. The lowest BCUT2D eigenvalue weighted by Crippen LogP contribution is -2.21. The molecule has 2 N–H and O–H groups in total. The molecule has 1 aliphatic rings. The normalized spacial score (nSPS) is 13.4. The first-order valence-electron chi connectivity index (χ1n) is 8.48. The molecule has 0 saturated heterocycles. The zero-order chi connectivity index (χ0) is 18.0. The lowest BCUT2D eigenvalue weighted by Gasteiger charge is -2.13. The van der Waals surface area contributed by atoms with Gasteiger partial charge in [0.2, 0.25) is 5.91 Å². The minimum Gasteiger partial charge on any atom is -0.322 e. The maximum absolute atomic E-state index is 12.9. The van der Waals surface area contributed by atoms with Crippen molar-refractivity contribution in [1.82, 2.24) is 0 Å². The van der Waals surface area contributed by atoms with Crippen LogP contribution in [0.4, 0.5) is 10.7 Å². The number of halogens is 1. The summed E-state index contributed by atoms with van der Waals surface area (Å²) in [6, 6.07) is 7.49. The van der Waals surface area contributed by atoms with Gasteiger partial charge in [0, 0.05) is 21.0 Å². The third-order valence-electron chi connectivity index (χ3n) is 4.26. The van der Waals surface area contributed by atoms with Gasteiger partial charge in [0.1, 0.15) is 5.00 Å². The molecule has 0 aliphatic heterocycles. The number of anilines is 2. The molecule has 0 spiro atoms. The van der Waals surface area contributed by atoms with Gasteiger partial charge in [-0.15, -0.1) is 11.3 Å². The van der Waals surface area contributed by atoms with E-state index in [0.29, 0.717) is 10.6 Å². The minimum atomic E-state index is -0.152. The van der Waals surface area contributed by atoms with Crippen LogP contribution in [0.2, 0.25) is 0 Å². The lowest BCUT2D eigenvalue weighted by atomic mass is 9.95. The summed E-state index contributed by atoms with van der Waals surface area (Å²) in [7, 11) is 0. The molecule has 0 atom stereocenters. The van der Waals surface area contributed by atoms with Crippen molar-refractivity contribution in [1.29, 1.82) is 0 Å². The summed E-state index contributed by atoms with van der Waals surface area (Å²) in [4.78, 5) is 26.3. The van der Waals surface area contributed by atoms with Crippen LogP contribution in [-0.4, -0.2) is 11.8 Å². The predicted molar refractivity (Wildman–Crippen MR) is 107 cm³/mol. The van der Waals surface area contributed by atoms with Crippen molar-refractivity contribution in [2.75, 3.05) is 10.6 Å². The molecule has 6 heteroatoms. The first kappa shape index (κ1) is 18.1. The number of benzene rings is 1. The van der Waals surface area contributed by atoms with E-state index in [-0.39, 0.29) is 17.7 Å². The molecular weight excluding hydrogens is 400 g/mol. The van der Waals surface area contributed by atoms with Crippen molar-refractivity contribution in [3.05, 3.63) is 44.7 Å². The van der Waals surface area contributed by atoms with Gasteiger partial charge in [-0.05, 0) is 55.5 Å². The number of hydrogen-bond acceptors (Lipinski definition) is 3. The average Bonchev–Trinajstić information content (AvgIpc) is 2.94. The second-order valence-corrected chi connectivity index (χ2v) is 8.54. The summed E-state index contributed by atoms with van der Waals surface area (Å²) < 4.78 is 0.961. The summed E-state index contributed by atoms with van der Waals surface area (Å²) in [5.74, 6) is -0.335. The summed E-state index contributed by atoms with van der Waals surface area (Å²) >= 11 is 4.94. The Kier molecular flexibility index (Phi) is 5.59. The average molecular weight is 421 g/mol. The van der Waals surface area contributed by atoms with Crippen LogP contribution in [0, 0.1) is 5.92 Å². The first-order chi connectivity index (χ1) is 12.0. The number of carbonyl (C=O) groups is 2. The Morgan fingerprint density at radius 2 is 1.76 bits per heavy atom. The summed E-state index contributed by atoms with van der Waals surface area (Å²) in [6.07, 6.45) is 4.10. The van der Waals surface area contributed by atoms with Crippen molar-refractivity contribution in [3.8, 4) is 0 Å². The Balaban J connectivity index is 1.92. The highest BCUT2D eigenvalue weighted by molar-refractivity contribution is 9.10. The van der Waals surface area contributed by atoms with Gasteiger partial charge in [0.05, 0.1) is 5.56 Å². The number of fused-ring (bicyclic) bond motifs is 1. The Bertz CT molecular complexity index is 797. The largest absolute Gasteiger partial charge is 0.322 e. The van der Waals surface area contributed by atoms with Crippen LogP contribution in [-0.2, 0) is 17.6 Å². The maximum Gasteiger partial charge on any atom is 0.258 e. The summed E-state index contributed by atoms with van der Waals surface area (Å²) in [5, 5.41) is 6.60. The quantitative estimate of drug-likeness (QED) is 0.710. The first-order valence-corrected chi connectivity index (χ1v) is 10.1. The Labute approximate surface area is 160 Å². The number of nitrogens with one attached hydrogen (secondary N) is 2. The highest BCUT2D eigenvalue weighted by atomic mass is 79.9. The number of aryl methyl sites for hydroxylation is 1. The summed E-state index contributed by atoms with van der Waals surface area (Å²) in [5.41, 5.74) is 2.48. The van der Waals surface area contributed by atoms with Gasteiger partial charge in [-0.3, -0.25) is 9.59 Å². The van der Waals surface area contributed by atoms with Gasteiger partial charge in [-0.25, -0.2) is 0 Å². The molecule has 0 unspecified atom stereocenters.